The normalized spacial score (nSPS) is 14.4. The molecule has 0 spiro atoms. The minimum absolute atomic E-state index is 0.0388. The first kappa shape index (κ1) is 17.8. The Morgan fingerprint density at radius 3 is 1.41 bits per heavy atom. The monoisotopic (exact) mass is 346 g/mol. The van der Waals surface area contributed by atoms with Gasteiger partial charge in [-0.3, -0.25) is 0 Å². The Morgan fingerprint density at radius 2 is 1.12 bits per heavy atom. The fourth-order valence-electron chi connectivity index (χ4n) is 2.38. The number of unbranched alkanes of at least 4 members (excludes halogenated alkanes) is 2. The topological polar surface area (TPSA) is 0 Å². The van der Waals surface area contributed by atoms with Crippen LogP contribution in [0.15, 0.2) is 0 Å². The molecule has 0 bridgehead atoms. The molecule has 17 heavy (non-hydrogen) atoms. The van der Waals surface area contributed by atoms with Gasteiger partial charge in [0, 0.05) is 0 Å². The molecule has 0 heterocycles. The molecule has 0 aromatic heterocycles. The molecule has 0 N–H and O–H groups in total. The molecule has 0 saturated carbocycles. The Bertz CT molecular complexity index is 128. The number of rotatable bonds is 12. The van der Waals surface area contributed by atoms with E-state index in [1.165, 1.54) is 51.4 Å². The maximum atomic E-state index is 2.40. The minimum atomic E-state index is -0.0388. The van der Waals surface area contributed by atoms with Crippen molar-refractivity contribution in [3.8, 4) is 0 Å². The number of hydrogen-bond donors (Lipinski definition) is 0. The van der Waals surface area contributed by atoms with Crippen LogP contribution in [0.4, 0.5) is 0 Å². The van der Waals surface area contributed by atoms with Crippen molar-refractivity contribution in [2.75, 3.05) is 0 Å². The molecule has 0 rings (SSSR count). The van der Waals surface area contributed by atoms with Gasteiger partial charge in [0.25, 0.3) is 0 Å². The van der Waals surface area contributed by atoms with Gasteiger partial charge in [0.05, 0.1) is 0 Å². The van der Waals surface area contributed by atoms with Gasteiger partial charge in [-0.1, -0.05) is 0 Å². The second kappa shape index (κ2) is 13.2. The first-order valence-electron chi connectivity index (χ1n) is 7.99. The second-order valence-electron chi connectivity index (χ2n) is 5.49. The third-order valence-corrected chi connectivity index (χ3v) is 8.90. The second-order valence-corrected chi connectivity index (χ2v) is 9.25. The molecule has 0 aromatic rings. The third-order valence-electron chi connectivity index (χ3n) is 3.95. The summed E-state index contributed by atoms with van der Waals surface area (Å²) in [4.78, 5) is 0. The van der Waals surface area contributed by atoms with Crippen LogP contribution in [0.25, 0.3) is 0 Å². The average Bonchev–Trinajstić information content (AvgIpc) is 2.37. The zero-order valence-corrected chi connectivity index (χ0v) is 15.6. The van der Waals surface area contributed by atoms with Crippen molar-refractivity contribution in [3.05, 3.63) is 0 Å². The molecule has 0 aliphatic rings. The van der Waals surface area contributed by atoms with E-state index in [4.69, 9.17) is 0 Å². The first-order chi connectivity index (χ1) is 8.28. The van der Waals surface area contributed by atoms with E-state index in [2.05, 4.69) is 27.7 Å². The van der Waals surface area contributed by atoms with Crippen LogP contribution >= 0.6 is 0 Å². The zero-order chi connectivity index (χ0) is 12.9. The summed E-state index contributed by atoms with van der Waals surface area (Å²) in [7, 11) is 0. The van der Waals surface area contributed by atoms with Crippen molar-refractivity contribution >= 4 is 21.1 Å². The van der Waals surface area contributed by atoms with Gasteiger partial charge in [0.15, 0.2) is 0 Å². The summed E-state index contributed by atoms with van der Waals surface area (Å²) in [5.41, 5.74) is 0. The molecule has 100 valence electrons. The fraction of sp³-hybridized carbons (Fsp3) is 1.00. The van der Waals surface area contributed by atoms with Crippen molar-refractivity contribution in [2.45, 2.75) is 87.9 Å². The summed E-state index contributed by atoms with van der Waals surface area (Å²) in [5, 5.41) is 0. The van der Waals surface area contributed by atoms with Crippen LogP contribution in [0.5, 0.6) is 0 Å². The molecule has 0 nitrogen and oxygen atoms in total. The summed E-state index contributed by atoms with van der Waals surface area (Å²) in [6.07, 6.45) is 11.6. The predicted molar refractivity (Wildman–Crippen MR) is 82.0 cm³/mol. The van der Waals surface area contributed by atoms with Crippen LogP contribution in [0.3, 0.4) is 0 Å². The molecule has 2 unspecified atom stereocenters. The molecular formula is C16H34Sn+2. The van der Waals surface area contributed by atoms with E-state index >= 15 is 0 Å². The first-order valence-corrected chi connectivity index (χ1v) is 12.0. The maximum absolute atomic E-state index is 2.40. The zero-order valence-electron chi connectivity index (χ0n) is 12.7. The molecule has 1 heteroatoms. The molecule has 0 aromatic carbocycles. The van der Waals surface area contributed by atoms with Crippen molar-refractivity contribution in [2.24, 2.45) is 11.8 Å². The van der Waals surface area contributed by atoms with E-state index in [0.717, 1.165) is 11.8 Å². The van der Waals surface area contributed by atoms with Gasteiger partial charge in [0.2, 0.25) is 0 Å². The van der Waals surface area contributed by atoms with E-state index < -0.39 is 0 Å². The molecule has 0 aliphatic carbocycles. The van der Waals surface area contributed by atoms with Gasteiger partial charge in [-0.2, -0.15) is 0 Å². The van der Waals surface area contributed by atoms with Crippen LogP contribution in [0.1, 0.15) is 79.1 Å². The molecule has 0 radical (unpaired) electrons. The van der Waals surface area contributed by atoms with Gasteiger partial charge in [-0.25, -0.2) is 0 Å². The van der Waals surface area contributed by atoms with Crippen molar-refractivity contribution < 1.29 is 0 Å². The van der Waals surface area contributed by atoms with Crippen LogP contribution in [0, 0.1) is 11.8 Å². The Hall–Kier alpha value is 0.799. The molecule has 0 amide bonds. The van der Waals surface area contributed by atoms with E-state index in [0.29, 0.717) is 0 Å². The fourth-order valence-corrected chi connectivity index (χ4v) is 8.00. The Kier molecular flexibility index (Phi) is 13.9. The standard InChI is InChI=1S/2C8H17.Sn/c2*1-4-6-7-8(3)5-2;/h2*8H,3-7H2,1-2H3;/q;;+2. The van der Waals surface area contributed by atoms with Crippen LogP contribution in [-0.4, -0.2) is 21.1 Å². The predicted octanol–water partition coefficient (Wildman–Crippen LogP) is 5.96. The summed E-state index contributed by atoms with van der Waals surface area (Å²) in [5.74, 6) is 2.18. The van der Waals surface area contributed by atoms with Gasteiger partial charge in [0.1, 0.15) is 0 Å². The molecule has 2 atom stereocenters. The molecule has 0 saturated heterocycles. The quantitative estimate of drug-likeness (QED) is 0.383. The van der Waals surface area contributed by atoms with E-state index in [1.54, 1.807) is 8.87 Å². The summed E-state index contributed by atoms with van der Waals surface area (Å²) in [6.45, 7) is 9.44. The van der Waals surface area contributed by atoms with Crippen molar-refractivity contribution in [1.82, 2.24) is 0 Å². The summed E-state index contributed by atoms with van der Waals surface area (Å²) in [6, 6.07) is 0. The van der Waals surface area contributed by atoms with Gasteiger partial charge >= 0.3 is 121 Å². The Labute approximate surface area is 121 Å². The Morgan fingerprint density at radius 1 is 0.706 bits per heavy atom. The van der Waals surface area contributed by atoms with Crippen molar-refractivity contribution in [1.29, 1.82) is 0 Å². The molecule has 0 fully saturated rings. The van der Waals surface area contributed by atoms with Crippen LogP contribution < -0.4 is 0 Å². The van der Waals surface area contributed by atoms with Gasteiger partial charge in [-0.05, 0) is 0 Å². The van der Waals surface area contributed by atoms with E-state index in [1.807, 2.05) is 0 Å². The molecular weight excluding hydrogens is 311 g/mol. The molecule has 0 aliphatic heterocycles. The van der Waals surface area contributed by atoms with E-state index in [9.17, 15) is 0 Å². The van der Waals surface area contributed by atoms with Gasteiger partial charge in [-0.15, -0.1) is 0 Å². The summed E-state index contributed by atoms with van der Waals surface area (Å²) < 4.78 is 3.31. The van der Waals surface area contributed by atoms with Crippen LogP contribution in [0.2, 0.25) is 8.87 Å². The summed E-state index contributed by atoms with van der Waals surface area (Å²) >= 11 is -0.0388. The Balaban J connectivity index is 3.61. The van der Waals surface area contributed by atoms with Gasteiger partial charge < -0.3 is 0 Å². The van der Waals surface area contributed by atoms with Crippen molar-refractivity contribution in [3.63, 3.8) is 0 Å². The third kappa shape index (κ3) is 10.4. The average molecular weight is 345 g/mol. The van der Waals surface area contributed by atoms with E-state index in [-0.39, 0.29) is 21.1 Å². The SMILES string of the molecule is CCCCC(CC)[CH2][Sn+2][CH2]C(CC)CCCC. The van der Waals surface area contributed by atoms with Crippen LogP contribution in [-0.2, 0) is 0 Å². The number of hydrogen-bond acceptors (Lipinski definition) is 0.